The molecule has 220 valence electrons. The van der Waals surface area contributed by atoms with E-state index in [1.807, 2.05) is 42.5 Å². The fraction of sp³-hybridized carbons (Fsp3) is 0.444. The van der Waals surface area contributed by atoms with Gasteiger partial charge >= 0.3 is 0 Å². The van der Waals surface area contributed by atoms with Crippen molar-refractivity contribution in [1.29, 1.82) is 0 Å². The number of hydrogen-bond donors (Lipinski definition) is 0. The Morgan fingerprint density at radius 3 is 2.40 bits per heavy atom. The summed E-state index contributed by atoms with van der Waals surface area (Å²) in [6.45, 7) is 2.41. The molecule has 1 aliphatic carbocycles. The van der Waals surface area contributed by atoms with E-state index in [2.05, 4.69) is 11.0 Å². The number of ketones is 1. The molecule has 0 radical (unpaired) electrons. The van der Waals surface area contributed by atoms with Crippen LogP contribution in [0.25, 0.3) is 11.1 Å². The van der Waals surface area contributed by atoms with Gasteiger partial charge in [0.05, 0.1) is 25.6 Å². The van der Waals surface area contributed by atoms with Gasteiger partial charge in [-0.1, -0.05) is 30.7 Å². The molecule has 6 heteroatoms. The molecule has 3 aromatic carbocycles. The summed E-state index contributed by atoms with van der Waals surface area (Å²) in [5.74, 6) is 1.66. The molecule has 1 saturated carbocycles. The summed E-state index contributed by atoms with van der Waals surface area (Å²) in [6.07, 6.45) is 9.80. The number of rotatable bonds is 7. The van der Waals surface area contributed by atoms with Gasteiger partial charge in [-0.3, -0.25) is 9.79 Å². The van der Waals surface area contributed by atoms with Gasteiger partial charge in [0.15, 0.2) is 17.3 Å². The normalized spacial score (nSPS) is 21.8. The van der Waals surface area contributed by atoms with Crippen LogP contribution >= 0.6 is 0 Å². The zero-order valence-corrected chi connectivity index (χ0v) is 24.8. The van der Waals surface area contributed by atoms with Crippen molar-refractivity contribution in [2.45, 2.75) is 63.8 Å². The van der Waals surface area contributed by atoms with E-state index >= 15 is 0 Å². The molecule has 2 heterocycles. The molecular formula is C36H41FN2O3. The van der Waals surface area contributed by atoms with Crippen LogP contribution in [0.3, 0.4) is 0 Å². The van der Waals surface area contributed by atoms with Crippen LogP contribution in [0.4, 0.5) is 10.1 Å². The van der Waals surface area contributed by atoms with Gasteiger partial charge in [-0.25, -0.2) is 4.39 Å². The highest BCUT2D eigenvalue weighted by molar-refractivity contribution is 6.08. The second-order valence-electron chi connectivity index (χ2n) is 12.2. The van der Waals surface area contributed by atoms with Crippen LogP contribution in [0, 0.1) is 17.7 Å². The maximum atomic E-state index is 14.5. The predicted octanol–water partition coefficient (Wildman–Crippen LogP) is 8.27. The minimum atomic E-state index is -0.428. The van der Waals surface area contributed by atoms with E-state index in [0.717, 1.165) is 47.9 Å². The molecule has 2 fully saturated rings. The lowest BCUT2D eigenvalue weighted by molar-refractivity contribution is 0.0686. The van der Waals surface area contributed by atoms with Gasteiger partial charge in [0.1, 0.15) is 5.75 Å². The number of hydrogen-bond acceptors (Lipinski definition) is 5. The maximum Gasteiger partial charge on any atom is 0.165 e. The summed E-state index contributed by atoms with van der Waals surface area (Å²) >= 11 is 0. The quantitative estimate of drug-likeness (QED) is 0.288. The molecular weight excluding hydrogens is 527 g/mol. The SMILES string of the molecule is COc1ccc(-c2ccc3c(c2)C(=O)CCC(CC2CCCN(C4CCC4)C2)CC(c2ccccc2OC)=N3)cc1F. The third kappa shape index (κ3) is 6.14. The summed E-state index contributed by atoms with van der Waals surface area (Å²) in [4.78, 5) is 21.7. The Balaban J connectivity index is 1.33. The number of aliphatic imine (C=N–C) groups is 1. The third-order valence-electron chi connectivity index (χ3n) is 9.53. The molecule has 0 aromatic heterocycles. The number of halogens is 1. The van der Waals surface area contributed by atoms with Gasteiger partial charge < -0.3 is 14.4 Å². The van der Waals surface area contributed by atoms with Crippen molar-refractivity contribution in [3.63, 3.8) is 0 Å². The van der Waals surface area contributed by atoms with Crippen LogP contribution < -0.4 is 9.47 Å². The molecule has 1 saturated heterocycles. The zero-order valence-electron chi connectivity index (χ0n) is 24.8. The Kier molecular flexibility index (Phi) is 8.71. The Hall–Kier alpha value is -3.51. The number of Topliss-reactive ketones (excluding diaryl/α,β-unsaturated/α-hetero) is 1. The maximum absolute atomic E-state index is 14.5. The molecule has 42 heavy (non-hydrogen) atoms. The van der Waals surface area contributed by atoms with Gasteiger partial charge in [-0.15, -0.1) is 0 Å². The topological polar surface area (TPSA) is 51.1 Å². The second kappa shape index (κ2) is 12.8. The first-order valence-electron chi connectivity index (χ1n) is 15.5. The summed E-state index contributed by atoms with van der Waals surface area (Å²) in [7, 11) is 3.15. The van der Waals surface area contributed by atoms with Crippen molar-refractivity contribution in [3.05, 3.63) is 77.6 Å². The number of methoxy groups -OCH3 is 2. The largest absolute Gasteiger partial charge is 0.496 e. The van der Waals surface area contributed by atoms with Crippen molar-refractivity contribution in [2.75, 3.05) is 27.3 Å². The molecule has 0 spiro atoms. The number of nitrogens with zero attached hydrogens (tertiary/aromatic N) is 2. The van der Waals surface area contributed by atoms with Gasteiger partial charge in [0.25, 0.3) is 0 Å². The molecule has 0 N–H and O–H groups in total. The number of likely N-dealkylation sites (tertiary alicyclic amines) is 1. The van der Waals surface area contributed by atoms with E-state index in [9.17, 15) is 9.18 Å². The second-order valence-corrected chi connectivity index (χ2v) is 12.2. The third-order valence-corrected chi connectivity index (χ3v) is 9.53. The molecule has 6 rings (SSSR count). The fourth-order valence-electron chi connectivity index (χ4n) is 7.02. The number of para-hydroxylation sites is 1. The van der Waals surface area contributed by atoms with Crippen molar-refractivity contribution >= 4 is 17.2 Å². The van der Waals surface area contributed by atoms with Crippen LogP contribution in [0.15, 0.2) is 65.7 Å². The van der Waals surface area contributed by atoms with Crippen LogP contribution in [0.2, 0.25) is 0 Å². The monoisotopic (exact) mass is 568 g/mol. The summed E-state index contributed by atoms with van der Waals surface area (Å²) in [5.41, 5.74) is 4.67. The molecule has 0 amide bonds. The molecule has 5 nitrogen and oxygen atoms in total. The first-order chi connectivity index (χ1) is 20.5. The zero-order chi connectivity index (χ0) is 29.1. The van der Waals surface area contributed by atoms with Crippen LogP contribution in [-0.4, -0.2) is 49.7 Å². The molecule has 3 aliphatic rings. The highest BCUT2D eigenvalue weighted by Crippen LogP contribution is 2.37. The van der Waals surface area contributed by atoms with Gasteiger partial charge in [0, 0.05) is 30.1 Å². The van der Waals surface area contributed by atoms with Crippen LogP contribution in [0.5, 0.6) is 11.5 Å². The smallest absolute Gasteiger partial charge is 0.165 e. The molecule has 2 atom stereocenters. The molecule has 3 aromatic rings. The highest BCUT2D eigenvalue weighted by atomic mass is 19.1. The van der Waals surface area contributed by atoms with Crippen LogP contribution in [-0.2, 0) is 0 Å². The average molecular weight is 569 g/mol. The van der Waals surface area contributed by atoms with Crippen LogP contribution in [0.1, 0.15) is 73.7 Å². The first kappa shape index (κ1) is 28.6. The van der Waals surface area contributed by atoms with E-state index in [4.69, 9.17) is 14.5 Å². The van der Waals surface area contributed by atoms with E-state index in [0.29, 0.717) is 35.1 Å². The number of ether oxygens (including phenoxy) is 2. The Bertz CT molecular complexity index is 1460. The van der Waals surface area contributed by atoms with Crippen molar-refractivity contribution in [2.24, 2.45) is 16.8 Å². The van der Waals surface area contributed by atoms with Gasteiger partial charge in [-0.2, -0.15) is 0 Å². The van der Waals surface area contributed by atoms with E-state index in [1.165, 1.54) is 58.4 Å². The van der Waals surface area contributed by atoms with Crippen molar-refractivity contribution in [1.82, 2.24) is 4.90 Å². The standard InChI is InChI=1S/C36H41FN2O3/c1-41-35-11-4-3-10-29(35)33-20-24(19-25-7-6-18-39(23-25)28-8-5-9-28)12-16-34(40)30-21-26(13-15-32(30)38-33)27-14-17-36(42-2)31(37)22-27/h3-4,10-11,13-15,17,21-22,24-25,28H,5-9,12,16,18-20,23H2,1-2H3. The summed E-state index contributed by atoms with van der Waals surface area (Å²) in [5, 5.41) is 0. The average Bonchev–Trinajstić information content (AvgIpc) is 3.04. The first-order valence-corrected chi connectivity index (χ1v) is 15.5. The summed E-state index contributed by atoms with van der Waals surface area (Å²) < 4.78 is 25.4. The van der Waals surface area contributed by atoms with E-state index in [1.54, 1.807) is 13.2 Å². The van der Waals surface area contributed by atoms with Crippen molar-refractivity contribution < 1.29 is 18.7 Å². The lowest BCUT2D eigenvalue weighted by atomic mass is 9.81. The fourth-order valence-corrected chi connectivity index (χ4v) is 7.02. The van der Waals surface area contributed by atoms with E-state index < -0.39 is 5.82 Å². The van der Waals surface area contributed by atoms with Crippen molar-refractivity contribution in [3.8, 4) is 22.6 Å². The molecule has 2 aliphatic heterocycles. The van der Waals surface area contributed by atoms with Gasteiger partial charge in [-0.05, 0) is 111 Å². The minimum Gasteiger partial charge on any atom is -0.496 e. The number of benzene rings is 3. The molecule has 0 bridgehead atoms. The Morgan fingerprint density at radius 1 is 0.857 bits per heavy atom. The highest BCUT2D eigenvalue weighted by Gasteiger charge is 2.31. The number of carbonyl (C=O) groups excluding carboxylic acids is 1. The number of carbonyl (C=O) groups is 1. The number of fused-ring (bicyclic) bond motifs is 1. The predicted molar refractivity (Wildman–Crippen MR) is 166 cm³/mol. The lowest BCUT2D eigenvalue weighted by Gasteiger charge is -2.43. The molecule has 2 unspecified atom stereocenters. The van der Waals surface area contributed by atoms with Gasteiger partial charge in [0.2, 0.25) is 0 Å². The summed E-state index contributed by atoms with van der Waals surface area (Å²) in [6, 6.07) is 19.4. The minimum absolute atomic E-state index is 0.0931. The van der Waals surface area contributed by atoms with E-state index in [-0.39, 0.29) is 11.5 Å². The lowest BCUT2D eigenvalue weighted by Crippen LogP contribution is -2.46. The Labute approximate surface area is 248 Å². The Morgan fingerprint density at radius 2 is 1.64 bits per heavy atom. The number of piperidine rings is 1.